The Hall–Kier alpha value is -1.69. The van der Waals surface area contributed by atoms with Gasteiger partial charge in [-0.05, 0) is 37.1 Å². The van der Waals surface area contributed by atoms with E-state index in [1.54, 1.807) is 0 Å². The second-order valence-corrected chi connectivity index (χ2v) is 6.41. The van der Waals surface area contributed by atoms with E-state index in [0.717, 1.165) is 17.5 Å². The average molecular weight is 270 g/mol. The first kappa shape index (κ1) is 12.8. The number of carboxylic acids is 1. The molecule has 1 aromatic rings. The molecule has 0 spiro atoms. The fraction of sp³-hybridized carbons (Fsp3) is 0.250. The van der Waals surface area contributed by atoms with Crippen LogP contribution in [0.3, 0.4) is 0 Å². The van der Waals surface area contributed by atoms with Crippen molar-refractivity contribution in [3.63, 3.8) is 0 Å². The molecule has 96 valence electrons. The van der Waals surface area contributed by atoms with E-state index in [1.807, 2.05) is 0 Å². The summed E-state index contributed by atoms with van der Waals surface area (Å²) in [6.07, 6.45) is 0. The molecule has 6 heteroatoms. The van der Waals surface area contributed by atoms with Crippen molar-refractivity contribution in [2.24, 2.45) is 5.41 Å². The van der Waals surface area contributed by atoms with Crippen molar-refractivity contribution in [3.8, 4) is 0 Å². The molecule has 0 aromatic heterocycles. The van der Waals surface area contributed by atoms with Crippen LogP contribution in [0.1, 0.15) is 19.4 Å². The van der Waals surface area contributed by atoms with Gasteiger partial charge in [-0.15, -0.1) is 0 Å². The smallest absolute Gasteiger partial charge is 0.313 e. The molecule has 0 fully saturated rings. The third kappa shape index (κ3) is 1.73. The Balaban J connectivity index is 2.73. The maximum atomic E-state index is 13.1. The number of aliphatic carboxylic acids is 1. The number of halogens is 1. The predicted molar refractivity (Wildman–Crippen MR) is 63.0 cm³/mol. The van der Waals surface area contributed by atoms with Crippen molar-refractivity contribution in [1.29, 1.82) is 0 Å². The summed E-state index contributed by atoms with van der Waals surface area (Å²) in [5.74, 6) is -1.80. The Labute approximate surface area is 104 Å². The lowest BCUT2D eigenvalue weighted by atomic mass is 9.81. The van der Waals surface area contributed by atoms with Crippen molar-refractivity contribution in [3.05, 3.63) is 35.0 Å². The van der Waals surface area contributed by atoms with Crippen LogP contribution in [0.25, 0.3) is 5.57 Å². The minimum absolute atomic E-state index is 0.171. The quantitative estimate of drug-likeness (QED) is 0.893. The van der Waals surface area contributed by atoms with Gasteiger partial charge < -0.3 is 5.11 Å². The summed E-state index contributed by atoms with van der Waals surface area (Å²) in [6.45, 7) is 2.82. The summed E-state index contributed by atoms with van der Waals surface area (Å²) in [6, 6.07) is 3.32. The molecule has 0 saturated carbocycles. The van der Waals surface area contributed by atoms with Gasteiger partial charge in [0, 0.05) is 5.41 Å². The molecule has 0 unspecified atom stereocenters. The standard InChI is InChI=1S/C12H11FO4S/c1-12(2,11(14)15)9-6-18(16,17)10-5-7(13)3-4-8(9)10/h3-6H,1-2H3,(H,14,15). The van der Waals surface area contributed by atoms with Gasteiger partial charge in [0.15, 0.2) is 0 Å². The average Bonchev–Trinajstić information content (AvgIpc) is 2.51. The zero-order chi connectivity index (χ0) is 13.7. The minimum Gasteiger partial charge on any atom is -0.481 e. The van der Waals surface area contributed by atoms with Crippen LogP contribution in [-0.4, -0.2) is 19.5 Å². The van der Waals surface area contributed by atoms with Gasteiger partial charge in [-0.25, -0.2) is 12.8 Å². The van der Waals surface area contributed by atoms with Crippen molar-refractivity contribution in [1.82, 2.24) is 0 Å². The molecule has 0 bridgehead atoms. The predicted octanol–water partition coefficient (Wildman–Crippen LogP) is 2.06. The number of sulfone groups is 1. The first-order chi connectivity index (χ1) is 8.16. The van der Waals surface area contributed by atoms with Gasteiger partial charge in [0.05, 0.1) is 10.3 Å². The summed E-state index contributed by atoms with van der Waals surface area (Å²) in [5, 5.41) is 10.1. The molecule has 0 amide bonds. The van der Waals surface area contributed by atoms with Crippen LogP contribution >= 0.6 is 0 Å². The van der Waals surface area contributed by atoms with Crippen molar-refractivity contribution in [2.75, 3.05) is 0 Å². The number of hydrogen-bond acceptors (Lipinski definition) is 3. The van der Waals surface area contributed by atoms with Crippen LogP contribution in [-0.2, 0) is 14.6 Å². The third-order valence-corrected chi connectivity index (χ3v) is 4.52. The van der Waals surface area contributed by atoms with Gasteiger partial charge in [-0.1, -0.05) is 6.07 Å². The highest BCUT2D eigenvalue weighted by Crippen LogP contribution is 2.43. The topological polar surface area (TPSA) is 71.4 Å². The van der Waals surface area contributed by atoms with Crippen LogP contribution in [0, 0.1) is 11.2 Å². The molecule has 1 aliphatic rings. The maximum Gasteiger partial charge on any atom is 0.313 e. The van der Waals surface area contributed by atoms with Crippen LogP contribution in [0.4, 0.5) is 4.39 Å². The Morgan fingerprint density at radius 2 is 1.94 bits per heavy atom. The Morgan fingerprint density at radius 3 is 2.50 bits per heavy atom. The van der Waals surface area contributed by atoms with Crippen LogP contribution in [0.15, 0.2) is 28.5 Å². The van der Waals surface area contributed by atoms with E-state index in [9.17, 15) is 17.6 Å². The summed E-state index contributed by atoms with van der Waals surface area (Å²) in [5.41, 5.74) is -0.926. The van der Waals surface area contributed by atoms with E-state index in [1.165, 1.54) is 19.9 Å². The second kappa shape index (κ2) is 3.65. The van der Waals surface area contributed by atoms with E-state index in [-0.39, 0.29) is 16.0 Å². The Morgan fingerprint density at radius 1 is 1.33 bits per heavy atom. The lowest BCUT2D eigenvalue weighted by molar-refractivity contribution is -0.143. The van der Waals surface area contributed by atoms with E-state index in [4.69, 9.17) is 5.11 Å². The van der Waals surface area contributed by atoms with Crippen molar-refractivity contribution >= 4 is 21.4 Å². The molecule has 0 radical (unpaired) electrons. The summed E-state index contributed by atoms with van der Waals surface area (Å²) >= 11 is 0. The van der Waals surface area contributed by atoms with Crippen LogP contribution < -0.4 is 0 Å². The van der Waals surface area contributed by atoms with Crippen molar-refractivity contribution in [2.45, 2.75) is 18.7 Å². The molecule has 1 aliphatic heterocycles. The van der Waals surface area contributed by atoms with Gasteiger partial charge in [0.25, 0.3) is 0 Å². The number of hydrogen-bond donors (Lipinski definition) is 1. The SMILES string of the molecule is CC(C)(C(=O)O)C1=CS(=O)(=O)c2cc(F)ccc21. The molecule has 0 aliphatic carbocycles. The van der Waals surface area contributed by atoms with Gasteiger partial charge in [0.1, 0.15) is 5.82 Å². The summed E-state index contributed by atoms with van der Waals surface area (Å²) in [4.78, 5) is 11.0. The first-order valence-corrected chi connectivity index (χ1v) is 6.71. The monoisotopic (exact) mass is 270 g/mol. The Kier molecular flexibility index (Phi) is 2.59. The van der Waals surface area contributed by atoms with Gasteiger partial charge in [-0.2, -0.15) is 0 Å². The van der Waals surface area contributed by atoms with Gasteiger partial charge >= 0.3 is 5.97 Å². The molecule has 2 rings (SSSR count). The number of carboxylic acid groups (broad SMARTS) is 1. The summed E-state index contributed by atoms with van der Waals surface area (Å²) < 4.78 is 36.8. The van der Waals surface area contributed by atoms with Crippen LogP contribution in [0.2, 0.25) is 0 Å². The second-order valence-electron chi connectivity index (χ2n) is 4.65. The number of fused-ring (bicyclic) bond motifs is 1. The minimum atomic E-state index is -3.76. The molecule has 1 N–H and O–H groups in total. The number of carbonyl (C=O) groups is 1. The fourth-order valence-electron chi connectivity index (χ4n) is 1.84. The van der Waals surface area contributed by atoms with E-state index in [2.05, 4.69) is 0 Å². The normalized spacial score (nSPS) is 17.2. The highest BCUT2D eigenvalue weighted by atomic mass is 32.2. The van der Waals surface area contributed by atoms with Gasteiger partial charge in [0.2, 0.25) is 9.84 Å². The van der Waals surface area contributed by atoms with Crippen LogP contribution in [0.5, 0.6) is 0 Å². The molecule has 0 atom stereocenters. The maximum absolute atomic E-state index is 13.1. The molecular weight excluding hydrogens is 259 g/mol. The highest BCUT2D eigenvalue weighted by Gasteiger charge is 2.40. The molecule has 0 saturated heterocycles. The molecule has 18 heavy (non-hydrogen) atoms. The molecule has 4 nitrogen and oxygen atoms in total. The Bertz CT molecular complexity index is 671. The third-order valence-electron chi connectivity index (χ3n) is 3.02. The fourth-order valence-corrected chi connectivity index (χ4v) is 3.46. The molecular formula is C12H11FO4S. The zero-order valence-electron chi connectivity index (χ0n) is 9.77. The lowest BCUT2D eigenvalue weighted by Crippen LogP contribution is -2.24. The van der Waals surface area contributed by atoms with E-state index in [0.29, 0.717) is 0 Å². The molecule has 1 heterocycles. The summed E-state index contributed by atoms with van der Waals surface area (Å²) in [7, 11) is -3.76. The largest absolute Gasteiger partial charge is 0.481 e. The molecule has 1 aromatic carbocycles. The number of benzene rings is 1. The van der Waals surface area contributed by atoms with E-state index >= 15 is 0 Å². The lowest BCUT2D eigenvalue weighted by Gasteiger charge is -2.21. The zero-order valence-corrected chi connectivity index (χ0v) is 10.6. The van der Waals surface area contributed by atoms with Crippen molar-refractivity contribution < 1.29 is 22.7 Å². The number of rotatable bonds is 2. The van der Waals surface area contributed by atoms with Gasteiger partial charge in [-0.3, -0.25) is 4.79 Å². The highest BCUT2D eigenvalue weighted by molar-refractivity contribution is 7.95. The van der Waals surface area contributed by atoms with E-state index < -0.39 is 27.0 Å². The first-order valence-electron chi connectivity index (χ1n) is 5.17.